The Bertz CT molecular complexity index is 429. The lowest BCUT2D eigenvalue weighted by molar-refractivity contribution is -0.133. The Morgan fingerprint density at radius 1 is 1.53 bits per heavy atom. The molecule has 0 spiro atoms. The van der Waals surface area contributed by atoms with Crippen LogP contribution in [0.25, 0.3) is 0 Å². The van der Waals surface area contributed by atoms with Crippen molar-refractivity contribution in [2.24, 2.45) is 11.7 Å². The molecular formula is C11H17N5O. The van der Waals surface area contributed by atoms with Gasteiger partial charge in [0.1, 0.15) is 6.54 Å². The number of hydrogen-bond donors (Lipinski definition) is 1. The highest BCUT2D eigenvalue weighted by molar-refractivity contribution is 5.76. The zero-order valence-corrected chi connectivity index (χ0v) is 9.75. The third-order valence-corrected chi connectivity index (χ3v) is 3.82. The van der Waals surface area contributed by atoms with E-state index < -0.39 is 0 Å². The van der Waals surface area contributed by atoms with Crippen molar-refractivity contribution < 1.29 is 4.79 Å². The second-order valence-corrected chi connectivity index (χ2v) is 4.99. The zero-order chi connectivity index (χ0) is 11.8. The van der Waals surface area contributed by atoms with E-state index in [1.165, 1.54) is 19.3 Å². The molecule has 1 amide bonds. The Morgan fingerprint density at radius 3 is 3.00 bits per heavy atom. The first-order valence-corrected chi connectivity index (χ1v) is 6.15. The topological polar surface area (TPSA) is 77.0 Å². The van der Waals surface area contributed by atoms with Gasteiger partial charge in [-0.1, -0.05) is 5.21 Å². The average molecular weight is 235 g/mol. The number of nitrogens with zero attached hydrogens (tertiary/aromatic N) is 4. The molecule has 2 heterocycles. The SMILES string of the molecule is NCc1cn(CC(=O)N2CC3CCC2C3)nn1. The molecule has 2 N–H and O–H groups in total. The number of nitrogens with two attached hydrogens (primary N) is 1. The maximum atomic E-state index is 12.1. The Hall–Kier alpha value is -1.43. The van der Waals surface area contributed by atoms with E-state index in [1.807, 2.05) is 4.90 Å². The number of fused-ring (bicyclic) bond motifs is 2. The molecule has 2 atom stereocenters. The first kappa shape index (κ1) is 10.7. The van der Waals surface area contributed by atoms with Crippen molar-refractivity contribution in [3.05, 3.63) is 11.9 Å². The van der Waals surface area contributed by atoms with Crippen LogP contribution in [0, 0.1) is 5.92 Å². The van der Waals surface area contributed by atoms with Gasteiger partial charge in [0.15, 0.2) is 0 Å². The molecule has 1 saturated heterocycles. The number of carbonyl (C=O) groups excluding carboxylic acids is 1. The highest BCUT2D eigenvalue weighted by atomic mass is 16.2. The average Bonchev–Trinajstić information content (AvgIpc) is 3.04. The van der Waals surface area contributed by atoms with Gasteiger partial charge in [-0.2, -0.15) is 0 Å². The molecule has 1 saturated carbocycles. The Labute approximate surface area is 99.8 Å². The smallest absolute Gasteiger partial charge is 0.244 e. The molecule has 2 aliphatic rings. The van der Waals surface area contributed by atoms with Gasteiger partial charge in [0, 0.05) is 19.1 Å². The summed E-state index contributed by atoms with van der Waals surface area (Å²) in [6.45, 7) is 1.58. The first-order chi connectivity index (χ1) is 8.26. The van der Waals surface area contributed by atoms with Gasteiger partial charge in [-0.15, -0.1) is 5.10 Å². The summed E-state index contributed by atoms with van der Waals surface area (Å²) in [6, 6.07) is 0.477. The van der Waals surface area contributed by atoms with Crippen LogP contribution in [-0.4, -0.2) is 38.4 Å². The summed E-state index contributed by atoms with van der Waals surface area (Å²) in [4.78, 5) is 14.1. The fraction of sp³-hybridized carbons (Fsp3) is 0.727. The summed E-state index contributed by atoms with van der Waals surface area (Å²) in [5, 5.41) is 7.78. The van der Waals surface area contributed by atoms with Crippen LogP contribution in [0.4, 0.5) is 0 Å². The molecule has 1 aliphatic carbocycles. The predicted octanol–water partition coefficient (Wildman–Crippen LogP) is -0.252. The van der Waals surface area contributed by atoms with Gasteiger partial charge in [0.25, 0.3) is 0 Å². The van der Waals surface area contributed by atoms with E-state index in [0.29, 0.717) is 12.6 Å². The van der Waals surface area contributed by atoms with Crippen molar-refractivity contribution in [3.63, 3.8) is 0 Å². The monoisotopic (exact) mass is 235 g/mol. The minimum Gasteiger partial charge on any atom is -0.338 e. The van der Waals surface area contributed by atoms with Crippen LogP contribution in [0.5, 0.6) is 0 Å². The number of amides is 1. The minimum atomic E-state index is 0.158. The van der Waals surface area contributed by atoms with Gasteiger partial charge < -0.3 is 10.6 Å². The lowest BCUT2D eigenvalue weighted by Crippen LogP contribution is -2.39. The van der Waals surface area contributed by atoms with Crippen LogP contribution >= 0.6 is 0 Å². The van der Waals surface area contributed by atoms with Crippen LogP contribution < -0.4 is 5.73 Å². The Balaban J connectivity index is 1.63. The van der Waals surface area contributed by atoms with Crippen molar-refractivity contribution in [2.45, 2.75) is 38.4 Å². The molecule has 6 heteroatoms. The normalized spacial score (nSPS) is 26.8. The quantitative estimate of drug-likeness (QED) is 0.783. The summed E-state index contributed by atoms with van der Waals surface area (Å²) in [5.74, 6) is 0.893. The molecule has 2 bridgehead atoms. The number of piperidine rings is 1. The van der Waals surface area contributed by atoms with E-state index in [0.717, 1.165) is 18.2 Å². The van der Waals surface area contributed by atoms with Crippen LogP contribution in [-0.2, 0) is 17.9 Å². The standard InChI is InChI=1S/C11H17N5O/c12-4-9-6-15(14-13-9)7-11(17)16-5-8-1-2-10(16)3-8/h6,8,10H,1-5,7,12H2. The molecule has 6 nitrogen and oxygen atoms in total. The summed E-state index contributed by atoms with van der Waals surface area (Å²) in [7, 11) is 0. The molecule has 2 unspecified atom stereocenters. The number of aromatic nitrogens is 3. The number of likely N-dealkylation sites (tertiary alicyclic amines) is 1. The molecule has 1 aliphatic heterocycles. The second kappa shape index (κ2) is 4.10. The van der Waals surface area contributed by atoms with E-state index in [1.54, 1.807) is 10.9 Å². The lowest BCUT2D eigenvalue weighted by Gasteiger charge is -2.26. The maximum absolute atomic E-state index is 12.1. The van der Waals surface area contributed by atoms with Crippen LogP contribution in [0.2, 0.25) is 0 Å². The van der Waals surface area contributed by atoms with Crippen molar-refractivity contribution in [1.29, 1.82) is 0 Å². The first-order valence-electron chi connectivity index (χ1n) is 6.15. The predicted molar refractivity (Wildman–Crippen MR) is 60.8 cm³/mol. The van der Waals surface area contributed by atoms with Crippen LogP contribution in [0.1, 0.15) is 25.0 Å². The Kier molecular flexibility index (Phi) is 2.58. The van der Waals surface area contributed by atoms with Crippen molar-refractivity contribution in [1.82, 2.24) is 19.9 Å². The Morgan fingerprint density at radius 2 is 2.41 bits per heavy atom. The van der Waals surface area contributed by atoms with Gasteiger partial charge in [-0.3, -0.25) is 4.79 Å². The number of carbonyl (C=O) groups is 1. The molecule has 3 rings (SSSR count). The van der Waals surface area contributed by atoms with Crippen LogP contribution in [0.3, 0.4) is 0 Å². The molecular weight excluding hydrogens is 218 g/mol. The molecule has 0 radical (unpaired) electrons. The summed E-state index contributed by atoms with van der Waals surface area (Å²) >= 11 is 0. The van der Waals surface area contributed by atoms with Crippen LogP contribution in [0.15, 0.2) is 6.20 Å². The van der Waals surface area contributed by atoms with Gasteiger partial charge in [-0.25, -0.2) is 4.68 Å². The fourth-order valence-corrected chi connectivity index (χ4v) is 2.97. The largest absolute Gasteiger partial charge is 0.338 e. The highest BCUT2D eigenvalue weighted by Gasteiger charge is 2.40. The van der Waals surface area contributed by atoms with Gasteiger partial charge in [0.05, 0.1) is 11.9 Å². The van der Waals surface area contributed by atoms with E-state index in [4.69, 9.17) is 5.73 Å². The van der Waals surface area contributed by atoms with Crippen molar-refractivity contribution in [2.75, 3.05) is 6.54 Å². The number of hydrogen-bond acceptors (Lipinski definition) is 4. The number of rotatable bonds is 3. The van der Waals surface area contributed by atoms with E-state index in [9.17, 15) is 4.79 Å². The lowest BCUT2D eigenvalue weighted by atomic mass is 10.1. The van der Waals surface area contributed by atoms with Gasteiger partial charge in [0.2, 0.25) is 5.91 Å². The molecule has 2 fully saturated rings. The minimum absolute atomic E-state index is 0.158. The van der Waals surface area contributed by atoms with Crippen molar-refractivity contribution in [3.8, 4) is 0 Å². The highest BCUT2D eigenvalue weighted by Crippen LogP contribution is 2.37. The van der Waals surface area contributed by atoms with Crippen molar-refractivity contribution >= 4 is 5.91 Å². The zero-order valence-electron chi connectivity index (χ0n) is 9.75. The third-order valence-electron chi connectivity index (χ3n) is 3.82. The fourth-order valence-electron chi connectivity index (χ4n) is 2.97. The van der Waals surface area contributed by atoms with Gasteiger partial charge >= 0.3 is 0 Å². The molecule has 1 aromatic rings. The maximum Gasteiger partial charge on any atom is 0.244 e. The second-order valence-electron chi connectivity index (χ2n) is 4.99. The molecule has 92 valence electrons. The van der Waals surface area contributed by atoms with E-state index >= 15 is 0 Å². The summed E-state index contributed by atoms with van der Waals surface area (Å²) in [6.07, 6.45) is 5.39. The summed E-state index contributed by atoms with van der Waals surface area (Å²) in [5.41, 5.74) is 6.18. The molecule has 17 heavy (non-hydrogen) atoms. The summed E-state index contributed by atoms with van der Waals surface area (Å²) < 4.78 is 1.58. The molecule has 0 aromatic carbocycles. The van der Waals surface area contributed by atoms with Gasteiger partial charge in [-0.05, 0) is 25.2 Å². The van der Waals surface area contributed by atoms with E-state index in [2.05, 4.69) is 10.3 Å². The third kappa shape index (κ3) is 1.93. The van der Waals surface area contributed by atoms with E-state index in [-0.39, 0.29) is 12.5 Å². The molecule has 1 aromatic heterocycles.